The number of hydrogen-bond acceptors (Lipinski definition) is 3. The van der Waals surface area contributed by atoms with Crippen molar-refractivity contribution in [2.24, 2.45) is 4.99 Å². The van der Waals surface area contributed by atoms with Crippen LogP contribution in [0.3, 0.4) is 0 Å². The summed E-state index contributed by atoms with van der Waals surface area (Å²) in [7, 11) is 0. The van der Waals surface area contributed by atoms with Crippen LogP contribution in [0.5, 0.6) is 5.75 Å². The molecule has 3 aromatic rings. The summed E-state index contributed by atoms with van der Waals surface area (Å²) in [6.07, 6.45) is 0. The summed E-state index contributed by atoms with van der Waals surface area (Å²) in [4.78, 5) is 4.59. The number of aliphatic imine (C=N–C) groups is 1. The lowest BCUT2D eigenvalue weighted by molar-refractivity contribution is 0.474. The molecule has 1 unspecified atom stereocenters. The molecule has 0 saturated heterocycles. The van der Waals surface area contributed by atoms with Gasteiger partial charge in [0.1, 0.15) is 17.1 Å². The maximum atomic E-state index is 9.55. The smallest absolute Gasteiger partial charge is 0.192 e. The van der Waals surface area contributed by atoms with Gasteiger partial charge in [0.05, 0.1) is 12.6 Å². The number of aromatic hydroxyl groups is 1. The van der Waals surface area contributed by atoms with Gasteiger partial charge in [-0.1, -0.05) is 30.3 Å². The average Bonchev–Trinajstić information content (AvgIpc) is 3.04. The number of para-hydroxylation sites is 1. The maximum Gasteiger partial charge on any atom is 0.192 e. The molecule has 1 atom stereocenters. The Morgan fingerprint density at radius 1 is 1.16 bits per heavy atom. The van der Waals surface area contributed by atoms with E-state index in [1.807, 2.05) is 56.3 Å². The fraction of sp³-hybridized carbons (Fsp3) is 0.250. The first-order valence-corrected chi connectivity index (χ1v) is 8.47. The molecule has 0 saturated carbocycles. The molecule has 130 valence electrons. The Morgan fingerprint density at radius 3 is 2.76 bits per heavy atom. The summed E-state index contributed by atoms with van der Waals surface area (Å²) < 4.78 is 5.91. The number of phenolic OH excluding ortho intramolecular Hbond substituents is 1. The van der Waals surface area contributed by atoms with Crippen molar-refractivity contribution in [1.29, 1.82) is 0 Å². The molecule has 0 spiro atoms. The average molecular weight is 337 g/mol. The minimum atomic E-state index is -0.0191. The Kier molecular flexibility index (Phi) is 5.23. The van der Waals surface area contributed by atoms with Crippen LogP contribution in [0.1, 0.15) is 31.2 Å². The van der Waals surface area contributed by atoms with Crippen LogP contribution in [0.25, 0.3) is 11.0 Å². The zero-order chi connectivity index (χ0) is 17.6. The van der Waals surface area contributed by atoms with E-state index in [0.29, 0.717) is 12.5 Å². The number of hydrogen-bond donors (Lipinski definition) is 3. The van der Waals surface area contributed by atoms with Crippen molar-refractivity contribution in [3.05, 3.63) is 65.9 Å². The lowest BCUT2D eigenvalue weighted by atomic mass is 10.2. The number of nitrogens with one attached hydrogen (secondary N) is 2. The summed E-state index contributed by atoms with van der Waals surface area (Å²) in [5.74, 6) is 1.82. The van der Waals surface area contributed by atoms with E-state index in [9.17, 15) is 5.11 Å². The second kappa shape index (κ2) is 7.75. The van der Waals surface area contributed by atoms with Gasteiger partial charge in [0.2, 0.25) is 0 Å². The van der Waals surface area contributed by atoms with Crippen molar-refractivity contribution in [1.82, 2.24) is 10.6 Å². The van der Waals surface area contributed by atoms with Crippen molar-refractivity contribution >= 4 is 16.9 Å². The number of rotatable bonds is 5. The predicted octanol–water partition coefficient (Wildman–Crippen LogP) is 3.95. The SMILES string of the molecule is CCNC(=NCc1cccc(O)c1)NC(C)c1cc2ccccc2o1. The Balaban J connectivity index is 1.72. The number of nitrogens with zero attached hydrogens (tertiary/aromatic N) is 1. The Morgan fingerprint density at radius 2 is 2.00 bits per heavy atom. The highest BCUT2D eigenvalue weighted by atomic mass is 16.3. The highest BCUT2D eigenvalue weighted by Gasteiger charge is 2.13. The minimum Gasteiger partial charge on any atom is -0.508 e. The second-order valence-corrected chi connectivity index (χ2v) is 5.92. The molecule has 0 amide bonds. The van der Waals surface area contributed by atoms with Gasteiger partial charge in [0.25, 0.3) is 0 Å². The summed E-state index contributed by atoms with van der Waals surface area (Å²) in [6, 6.07) is 17.1. The lowest BCUT2D eigenvalue weighted by Gasteiger charge is -2.16. The first kappa shape index (κ1) is 16.9. The highest BCUT2D eigenvalue weighted by molar-refractivity contribution is 5.81. The summed E-state index contributed by atoms with van der Waals surface area (Å²) in [5.41, 5.74) is 1.83. The van der Waals surface area contributed by atoms with Gasteiger partial charge in [0.15, 0.2) is 5.96 Å². The zero-order valence-electron chi connectivity index (χ0n) is 14.5. The van der Waals surface area contributed by atoms with Crippen LogP contribution in [-0.4, -0.2) is 17.6 Å². The van der Waals surface area contributed by atoms with Gasteiger partial charge in [-0.15, -0.1) is 0 Å². The molecule has 0 bridgehead atoms. The standard InChI is InChI=1S/C20H23N3O2/c1-3-21-20(22-13-15-7-6-9-17(24)11-15)23-14(2)19-12-16-8-4-5-10-18(16)25-19/h4-12,14,24H,3,13H2,1-2H3,(H2,21,22,23). The third-order valence-electron chi connectivity index (χ3n) is 3.90. The highest BCUT2D eigenvalue weighted by Crippen LogP contribution is 2.23. The quantitative estimate of drug-likeness (QED) is 0.487. The monoisotopic (exact) mass is 337 g/mol. The molecule has 0 aliphatic heterocycles. The largest absolute Gasteiger partial charge is 0.508 e. The van der Waals surface area contributed by atoms with Gasteiger partial charge in [0, 0.05) is 11.9 Å². The fourth-order valence-corrected chi connectivity index (χ4v) is 2.64. The molecule has 3 rings (SSSR count). The van der Waals surface area contributed by atoms with E-state index in [1.165, 1.54) is 0 Å². The van der Waals surface area contributed by atoms with E-state index in [1.54, 1.807) is 12.1 Å². The van der Waals surface area contributed by atoms with Crippen molar-refractivity contribution in [3.8, 4) is 5.75 Å². The topological polar surface area (TPSA) is 69.8 Å². The molecule has 0 aliphatic carbocycles. The number of fused-ring (bicyclic) bond motifs is 1. The van der Waals surface area contributed by atoms with E-state index in [0.717, 1.165) is 28.8 Å². The summed E-state index contributed by atoms with van der Waals surface area (Å²) in [6.45, 7) is 5.31. The van der Waals surface area contributed by atoms with Gasteiger partial charge < -0.3 is 20.2 Å². The molecule has 1 aromatic heterocycles. The molecule has 0 radical (unpaired) electrons. The molecule has 0 aliphatic rings. The third kappa shape index (κ3) is 4.32. The van der Waals surface area contributed by atoms with Crippen molar-refractivity contribution in [2.45, 2.75) is 26.4 Å². The van der Waals surface area contributed by atoms with Gasteiger partial charge in [-0.3, -0.25) is 0 Å². The van der Waals surface area contributed by atoms with E-state index >= 15 is 0 Å². The maximum absolute atomic E-state index is 9.55. The number of furan rings is 1. The van der Waals surface area contributed by atoms with E-state index in [2.05, 4.69) is 15.6 Å². The van der Waals surface area contributed by atoms with Crippen molar-refractivity contribution in [2.75, 3.05) is 6.54 Å². The molecule has 5 nitrogen and oxygen atoms in total. The second-order valence-electron chi connectivity index (χ2n) is 5.92. The summed E-state index contributed by atoms with van der Waals surface area (Å²) in [5, 5.41) is 17.2. The van der Waals surface area contributed by atoms with Gasteiger partial charge >= 0.3 is 0 Å². The molecule has 3 N–H and O–H groups in total. The molecule has 2 aromatic carbocycles. The molecule has 1 heterocycles. The normalized spacial score (nSPS) is 13.0. The van der Waals surface area contributed by atoms with Crippen LogP contribution < -0.4 is 10.6 Å². The van der Waals surface area contributed by atoms with Crippen LogP contribution in [0.2, 0.25) is 0 Å². The van der Waals surface area contributed by atoms with Gasteiger partial charge in [-0.2, -0.15) is 0 Å². The van der Waals surface area contributed by atoms with E-state index in [-0.39, 0.29) is 11.8 Å². The molecular formula is C20H23N3O2. The Hall–Kier alpha value is -2.95. The third-order valence-corrected chi connectivity index (χ3v) is 3.90. The van der Waals surface area contributed by atoms with Crippen LogP contribution in [0, 0.1) is 0 Å². The predicted molar refractivity (Wildman–Crippen MR) is 101 cm³/mol. The molecule has 5 heteroatoms. The van der Waals surface area contributed by atoms with Crippen LogP contribution >= 0.6 is 0 Å². The summed E-state index contributed by atoms with van der Waals surface area (Å²) >= 11 is 0. The van der Waals surface area contributed by atoms with E-state index in [4.69, 9.17) is 4.42 Å². The van der Waals surface area contributed by atoms with Gasteiger partial charge in [-0.25, -0.2) is 4.99 Å². The van der Waals surface area contributed by atoms with E-state index < -0.39 is 0 Å². The number of benzene rings is 2. The molecule has 0 fully saturated rings. The molecule has 25 heavy (non-hydrogen) atoms. The van der Waals surface area contributed by atoms with Crippen LogP contribution in [0.4, 0.5) is 0 Å². The lowest BCUT2D eigenvalue weighted by Crippen LogP contribution is -2.38. The fourth-order valence-electron chi connectivity index (χ4n) is 2.64. The van der Waals surface area contributed by atoms with Crippen molar-refractivity contribution < 1.29 is 9.52 Å². The Bertz CT molecular complexity index is 837. The van der Waals surface area contributed by atoms with Crippen LogP contribution in [0.15, 0.2) is 64.0 Å². The first-order valence-electron chi connectivity index (χ1n) is 8.47. The number of phenols is 1. The minimum absolute atomic E-state index is 0.0191. The van der Waals surface area contributed by atoms with Gasteiger partial charge in [-0.05, 0) is 43.7 Å². The van der Waals surface area contributed by atoms with Crippen LogP contribution in [-0.2, 0) is 6.54 Å². The molecular weight excluding hydrogens is 314 g/mol. The zero-order valence-corrected chi connectivity index (χ0v) is 14.5. The first-order chi connectivity index (χ1) is 12.2. The Labute approximate surface area is 147 Å². The van der Waals surface area contributed by atoms with Crippen molar-refractivity contribution in [3.63, 3.8) is 0 Å². The number of guanidine groups is 1.